The summed E-state index contributed by atoms with van der Waals surface area (Å²) >= 11 is 7.45. The number of rotatable bonds is 11. The second-order valence-corrected chi connectivity index (χ2v) is 14.0. The van der Waals surface area contributed by atoms with Gasteiger partial charge in [-0.2, -0.15) is 13.2 Å². The average molecular weight is 669 g/mol. The average Bonchev–Trinajstić information content (AvgIpc) is 3.35. The molecule has 0 saturated carbocycles. The van der Waals surface area contributed by atoms with Gasteiger partial charge in [0.1, 0.15) is 0 Å². The minimum atomic E-state index is -5.17. The van der Waals surface area contributed by atoms with Crippen molar-refractivity contribution in [1.29, 1.82) is 0 Å². The molecule has 45 heavy (non-hydrogen) atoms. The fraction of sp³-hybridized carbons (Fsp3) is 0.200. The standard InChI is InChI=1S/C35H32ClF3N2O2S2/c1-5-41-33-17-11-26(23(2)25-9-7-6-8-10-25)21-30(33)31-22-27(12-18-34(31)41)24(3)32(40-43-45(4,42)35(37,38)39)19-20-44-29-15-13-28(36)14-16-29/h6-9,11-18,21-22,25H,2-5,10,19-20H2,1H3/b40-32+. The van der Waals surface area contributed by atoms with Crippen molar-refractivity contribution >= 4 is 77.7 Å². The van der Waals surface area contributed by atoms with Crippen LogP contribution in [0.4, 0.5) is 13.2 Å². The van der Waals surface area contributed by atoms with E-state index < -0.39 is 15.3 Å². The molecule has 3 aromatic carbocycles. The summed E-state index contributed by atoms with van der Waals surface area (Å²) in [5.41, 5.74) is 0.129. The van der Waals surface area contributed by atoms with Crippen LogP contribution in [-0.4, -0.2) is 31.6 Å². The molecule has 4 aromatic rings. The van der Waals surface area contributed by atoms with E-state index in [1.807, 2.05) is 42.5 Å². The van der Waals surface area contributed by atoms with Crippen molar-refractivity contribution in [1.82, 2.24) is 4.57 Å². The summed E-state index contributed by atoms with van der Waals surface area (Å²) in [6.07, 6.45) is 9.45. The van der Waals surface area contributed by atoms with E-state index in [4.69, 9.17) is 11.6 Å². The normalized spacial score (nSPS) is 16.6. The molecule has 234 valence electrons. The molecule has 0 amide bonds. The van der Waals surface area contributed by atoms with E-state index >= 15 is 0 Å². The molecule has 1 aliphatic rings. The van der Waals surface area contributed by atoms with Crippen molar-refractivity contribution in [2.24, 2.45) is 11.1 Å². The van der Waals surface area contributed by atoms with Crippen LogP contribution in [0.2, 0.25) is 5.02 Å². The van der Waals surface area contributed by atoms with Crippen molar-refractivity contribution in [2.45, 2.75) is 36.7 Å². The minimum Gasteiger partial charge on any atom is -0.341 e. The van der Waals surface area contributed by atoms with Gasteiger partial charge in [0.2, 0.25) is 9.80 Å². The molecular formula is C35H32ClF3N2O2S2. The summed E-state index contributed by atoms with van der Waals surface area (Å²) in [6.45, 7) is 11.4. The third-order valence-corrected chi connectivity index (χ3v) is 10.0. The molecule has 5 rings (SSSR count). The third-order valence-electron chi connectivity index (χ3n) is 7.72. The molecule has 1 aromatic heterocycles. The molecule has 0 radical (unpaired) electrons. The van der Waals surface area contributed by atoms with Crippen LogP contribution in [0, 0.1) is 5.92 Å². The van der Waals surface area contributed by atoms with Crippen LogP contribution in [0.25, 0.3) is 33.0 Å². The molecule has 2 atom stereocenters. The maximum atomic E-state index is 13.3. The predicted octanol–water partition coefficient (Wildman–Crippen LogP) is 10.3. The Kier molecular flexibility index (Phi) is 9.72. The summed E-state index contributed by atoms with van der Waals surface area (Å²) in [5.74, 6) is 3.39. The molecule has 0 saturated heterocycles. The Morgan fingerprint density at radius 1 is 1.04 bits per heavy atom. The maximum absolute atomic E-state index is 13.3. The molecular weight excluding hydrogens is 637 g/mol. The van der Waals surface area contributed by atoms with Gasteiger partial charge in [0.25, 0.3) is 0 Å². The highest BCUT2D eigenvalue weighted by atomic mass is 35.5. The molecule has 10 heteroatoms. The minimum absolute atomic E-state index is 0.141. The van der Waals surface area contributed by atoms with Gasteiger partial charge >= 0.3 is 5.51 Å². The van der Waals surface area contributed by atoms with Crippen LogP contribution in [0.5, 0.6) is 0 Å². The molecule has 1 aliphatic carbocycles. The van der Waals surface area contributed by atoms with Crippen LogP contribution in [-0.2, 0) is 20.6 Å². The number of alkyl halides is 3. The van der Waals surface area contributed by atoms with Crippen molar-refractivity contribution in [3.05, 3.63) is 114 Å². The molecule has 4 nitrogen and oxygen atoms in total. The van der Waals surface area contributed by atoms with Crippen LogP contribution in [0.15, 0.2) is 108 Å². The fourth-order valence-electron chi connectivity index (χ4n) is 5.25. The number of benzene rings is 3. The van der Waals surface area contributed by atoms with E-state index in [0.717, 1.165) is 50.8 Å². The van der Waals surface area contributed by atoms with Gasteiger partial charge in [-0.3, -0.25) is 4.28 Å². The molecule has 1 heterocycles. The maximum Gasteiger partial charge on any atom is 0.499 e. The Balaban J connectivity index is 1.51. The van der Waals surface area contributed by atoms with Gasteiger partial charge in [0.15, 0.2) is 0 Å². The van der Waals surface area contributed by atoms with Crippen molar-refractivity contribution in [3.8, 4) is 0 Å². The third kappa shape index (κ3) is 7.11. The van der Waals surface area contributed by atoms with Crippen LogP contribution < -0.4 is 0 Å². The van der Waals surface area contributed by atoms with Crippen LogP contribution in [0.1, 0.15) is 30.9 Å². The summed E-state index contributed by atoms with van der Waals surface area (Å²) in [6, 6.07) is 19.4. The van der Waals surface area contributed by atoms with Crippen LogP contribution in [0.3, 0.4) is 0 Å². The van der Waals surface area contributed by atoms with E-state index in [1.165, 1.54) is 11.8 Å². The van der Waals surface area contributed by atoms with Gasteiger partial charge in [-0.15, -0.1) is 11.8 Å². The summed E-state index contributed by atoms with van der Waals surface area (Å²) in [5, 5.41) is 6.32. The SMILES string of the molecule is C=C(/C(CCSc1ccc(Cl)cc1)=N/OS(=C)(=O)C(F)(F)F)c1ccc2c(c1)c1cc(C(=C)C3C=CC=CC3)ccc1n2CC. The summed E-state index contributed by atoms with van der Waals surface area (Å²) < 4.78 is 58.8. The first kappa shape index (κ1) is 32.7. The Morgan fingerprint density at radius 3 is 2.29 bits per heavy atom. The number of allylic oxidation sites excluding steroid dienone is 6. The van der Waals surface area contributed by atoms with Gasteiger partial charge in [-0.25, -0.2) is 4.21 Å². The Morgan fingerprint density at radius 2 is 1.69 bits per heavy atom. The largest absolute Gasteiger partial charge is 0.499 e. The number of halogens is 4. The Labute approximate surface area is 270 Å². The van der Waals surface area contributed by atoms with Crippen LogP contribution >= 0.6 is 23.4 Å². The molecule has 0 N–H and O–H groups in total. The van der Waals surface area contributed by atoms with E-state index in [2.05, 4.69) is 70.3 Å². The topological polar surface area (TPSA) is 43.6 Å². The lowest BCUT2D eigenvalue weighted by atomic mass is 9.88. The number of aryl methyl sites for hydroxylation is 1. The Hall–Kier alpha value is -3.66. The second-order valence-electron chi connectivity index (χ2n) is 10.6. The van der Waals surface area contributed by atoms with Gasteiger partial charge < -0.3 is 4.57 Å². The first-order valence-electron chi connectivity index (χ1n) is 14.2. The number of thioether (sulfide) groups is 1. The zero-order valence-corrected chi connectivity index (χ0v) is 27.0. The van der Waals surface area contributed by atoms with Crippen molar-refractivity contribution in [2.75, 3.05) is 5.75 Å². The van der Waals surface area contributed by atoms with E-state index in [0.29, 0.717) is 21.9 Å². The van der Waals surface area contributed by atoms with E-state index in [9.17, 15) is 17.4 Å². The van der Waals surface area contributed by atoms with Gasteiger partial charge in [0, 0.05) is 62.2 Å². The number of hydrogen-bond acceptors (Lipinski definition) is 4. The van der Waals surface area contributed by atoms with Crippen molar-refractivity contribution < 1.29 is 21.7 Å². The number of fused-ring (bicyclic) bond motifs is 3. The zero-order valence-electron chi connectivity index (χ0n) is 24.6. The van der Waals surface area contributed by atoms with Crippen molar-refractivity contribution in [3.63, 3.8) is 0 Å². The summed E-state index contributed by atoms with van der Waals surface area (Å²) in [4.78, 5) is 0.924. The van der Waals surface area contributed by atoms with Gasteiger partial charge in [-0.05, 0) is 84.1 Å². The predicted molar refractivity (Wildman–Crippen MR) is 186 cm³/mol. The van der Waals surface area contributed by atoms with Gasteiger partial charge in [-0.1, -0.05) is 66.4 Å². The lowest BCUT2D eigenvalue weighted by Gasteiger charge is -2.16. The highest BCUT2D eigenvalue weighted by molar-refractivity contribution is 7.99. The van der Waals surface area contributed by atoms with E-state index in [1.54, 1.807) is 12.1 Å². The fourth-order valence-corrected chi connectivity index (χ4v) is 6.53. The molecule has 0 aliphatic heterocycles. The lowest BCUT2D eigenvalue weighted by Crippen LogP contribution is -2.24. The molecule has 0 bridgehead atoms. The smallest absolute Gasteiger partial charge is 0.341 e. The summed E-state index contributed by atoms with van der Waals surface area (Å²) in [7, 11) is -4.95. The highest BCUT2D eigenvalue weighted by Crippen LogP contribution is 2.36. The second kappa shape index (κ2) is 13.4. The lowest BCUT2D eigenvalue weighted by molar-refractivity contribution is -0.0481. The number of nitrogens with zero attached hydrogens (tertiary/aromatic N) is 2. The molecule has 0 spiro atoms. The molecule has 2 unspecified atom stereocenters. The number of aromatic nitrogens is 1. The van der Waals surface area contributed by atoms with E-state index in [-0.39, 0.29) is 18.1 Å². The number of oxime groups is 1. The number of hydrogen-bond donors (Lipinski definition) is 0. The highest BCUT2D eigenvalue weighted by Gasteiger charge is 2.42. The molecule has 0 fully saturated rings. The first-order valence-corrected chi connectivity index (χ1v) is 17.3. The monoisotopic (exact) mass is 668 g/mol. The first-order chi connectivity index (χ1) is 21.4. The Bertz CT molecular complexity index is 1970. The quantitative estimate of drug-likeness (QED) is 0.0691. The van der Waals surface area contributed by atoms with Gasteiger partial charge in [0.05, 0.1) is 5.71 Å². The zero-order chi connectivity index (χ0) is 32.4.